The molecule has 5 rings (SSSR count). The summed E-state index contributed by atoms with van der Waals surface area (Å²) in [4.78, 5) is 22.2. The maximum Gasteiger partial charge on any atom is 0.252 e. The van der Waals surface area contributed by atoms with Crippen molar-refractivity contribution in [1.82, 2.24) is 29.9 Å². The molecule has 0 bridgehead atoms. The monoisotopic (exact) mass is 394 g/mol. The Hall–Kier alpha value is -4.13. The molecule has 0 aliphatic rings. The molecule has 0 aliphatic heterocycles. The number of carbonyl (C=O) groups excluding carboxylic acids is 1. The number of nitrogens with one attached hydrogen (secondary N) is 1. The first kappa shape index (κ1) is 17.9. The minimum Gasteiger partial charge on any atom is -0.342 e. The smallest absolute Gasteiger partial charge is 0.252 e. The Bertz CT molecular complexity index is 1360. The number of para-hydroxylation sites is 1. The summed E-state index contributed by atoms with van der Waals surface area (Å²) in [5.74, 6) is 0.476. The van der Waals surface area contributed by atoms with Gasteiger partial charge < -0.3 is 5.32 Å². The minimum atomic E-state index is -0.330. The summed E-state index contributed by atoms with van der Waals surface area (Å²) in [5, 5.41) is 12.3. The predicted octanol–water partition coefficient (Wildman–Crippen LogP) is 3.83. The Morgan fingerprint density at radius 2 is 1.90 bits per heavy atom. The van der Waals surface area contributed by atoms with Gasteiger partial charge in [0.05, 0.1) is 22.8 Å². The average Bonchev–Trinajstić information content (AvgIpc) is 3.23. The lowest BCUT2D eigenvalue weighted by Crippen LogP contribution is -2.28. The van der Waals surface area contributed by atoms with E-state index in [-0.39, 0.29) is 11.9 Å². The quantitative estimate of drug-likeness (QED) is 0.501. The van der Waals surface area contributed by atoms with Crippen LogP contribution in [0.1, 0.15) is 29.1 Å². The number of carbonyl (C=O) groups is 1. The molecule has 0 radical (unpaired) electrons. The molecule has 1 atom stereocenters. The molecule has 0 saturated carbocycles. The SMILES string of the molecule is CC(NC(=O)c1cc(-c2cccnc2)nc2ccccc12)c1nnc2ccccn12. The third kappa shape index (κ3) is 3.16. The lowest BCUT2D eigenvalue weighted by atomic mass is 10.0. The van der Waals surface area contributed by atoms with Gasteiger partial charge in [0.25, 0.3) is 5.91 Å². The highest BCUT2D eigenvalue weighted by atomic mass is 16.1. The van der Waals surface area contributed by atoms with E-state index in [1.807, 2.05) is 78.2 Å². The van der Waals surface area contributed by atoms with E-state index < -0.39 is 0 Å². The highest BCUT2D eigenvalue weighted by Gasteiger charge is 2.19. The van der Waals surface area contributed by atoms with Gasteiger partial charge in [-0.1, -0.05) is 24.3 Å². The van der Waals surface area contributed by atoms with Crippen LogP contribution in [0.25, 0.3) is 27.8 Å². The van der Waals surface area contributed by atoms with Gasteiger partial charge in [-0.15, -0.1) is 10.2 Å². The lowest BCUT2D eigenvalue weighted by Gasteiger charge is -2.14. The van der Waals surface area contributed by atoms with Crippen LogP contribution in [0.3, 0.4) is 0 Å². The Labute approximate surface area is 172 Å². The number of fused-ring (bicyclic) bond motifs is 2. The Kier molecular flexibility index (Phi) is 4.40. The molecule has 4 aromatic heterocycles. The van der Waals surface area contributed by atoms with Gasteiger partial charge in [0.15, 0.2) is 11.5 Å². The number of nitrogens with zero attached hydrogens (tertiary/aromatic N) is 5. The second-order valence-corrected chi connectivity index (χ2v) is 7.00. The van der Waals surface area contributed by atoms with Crippen LogP contribution >= 0.6 is 0 Å². The van der Waals surface area contributed by atoms with E-state index in [0.717, 1.165) is 22.1 Å². The molecule has 1 unspecified atom stereocenters. The molecule has 4 heterocycles. The van der Waals surface area contributed by atoms with Crippen LogP contribution in [-0.2, 0) is 0 Å². The van der Waals surface area contributed by atoms with Crippen LogP contribution in [0.5, 0.6) is 0 Å². The van der Waals surface area contributed by atoms with Gasteiger partial charge in [-0.05, 0) is 43.3 Å². The summed E-state index contributed by atoms with van der Waals surface area (Å²) >= 11 is 0. The van der Waals surface area contributed by atoms with E-state index in [9.17, 15) is 4.79 Å². The van der Waals surface area contributed by atoms with Crippen LogP contribution in [0.15, 0.2) is 79.3 Å². The van der Waals surface area contributed by atoms with Crippen molar-refractivity contribution in [2.75, 3.05) is 0 Å². The minimum absolute atomic E-state index is 0.195. The molecule has 7 nitrogen and oxygen atoms in total. The molecule has 0 spiro atoms. The summed E-state index contributed by atoms with van der Waals surface area (Å²) in [6, 6.07) is 18.6. The van der Waals surface area contributed by atoms with Gasteiger partial charge in [0.2, 0.25) is 0 Å². The molecule has 0 saturated heterocycles. The molecular weight excluding hydrogens is 376 g/mol. The lowest BCUT2D eigenvalue weighted by molar-refractivity contribution is 0.0939. The van der Waals surface area contributed by atoms with Gasteiger partial charge in [0.1, 0.15) is 0 Å². The third-order valence-corrected chi connectivity index (χ3v) is 4.99. The zero-order valence-electron chi connectivity index (χ0n) is 16.2. The van der Waals surface area contributed by atoms with Gasteiger partial charge in [0, 0.05) is 29.5 Å². The maximum atomic E-state index is 13.3. The van der Waals surface area contributed by atoms with Crippen LogP contribution in [-0.4, -0.2) is 30.5 Å². The largest absolute Gasteiger partial charge is 0.342 e. The van der Waals surface area contributed by atoms with Gasteiger partial charge in [-0.2, -0.15) is 0 Å². The second kappa shape index (κ2) is 7.36. The van der Waals surface area contributed by atoms with Crippen molar-refractivity contribution < 1.29 is 4.79 Å². The second-order valence-electron chi connectivity index (χ2n) is 7.00. The molecule has 146 valence electrons. The molecule has 7 heteroatoms. The average molecular weight is 394 g/mol. The first-order valence-electron chi connectivity index (χ1n) is 9.61. The Balaban J connectivity index is 1.54. The predicted molar refractivity (Wildman–Crippen MR) is 114 cm³/mol. The van der Waals surface area contributed by atoms with Crippen LogP contribution in [0.4, 0.5) is 0 Å². The molecule has 1 amide bonds. The number of hydrogen-bond donors (Lipinski definition) is 1. The fourth-order valence-corrected chi connectivity index (χ4v) is 3.52. The molecule has 30 heavy (non-hydrogen) atoms. The zero-order valence-corrected chi connectivity index (χ0v) is 16.2. The molecule has 5 aromatic rings. The molecule has 1 N–H and O–H groups in total. The van der Waals surface area contributed by atoms with Crippen molar-refractivity contribution in [3.63, 3.8) is 0 Å². The summed E-state index contributed by atoms with van der Waals surface area (Å²) in [6.45, 7) is 1.90. The van der Waals surface area contributed by atoms with Crippen molar-refractivity contribution in [1.29, 1.82) is 0 Å². The number of benzene rings is 1. The van der Waals surface area contributed by atoms with E-state index in [0.29, 0.717) is 17.1 Å². The van der Waals surface area contributed by atoms with E-state index >= 15 is 0 Å². The Morgan fingerprint density at radius 3 is 2.77 bits per heavy atom. The molecular formula is C23H18N6O. The fraction of sp³-hybridized carbons (Fsp3) is 0.0870. The number of amides is 1. The summed E-state index contributed by atoms with van der Waals surface area (Å²) < 4.78 is 1.87. The first-order valence-corrected chi connectivity index (χ1v) is 9.61. The number of pyridine rings is 3. The summed E-state index contributed by atoms with van der Waals surface area (Å²) in [6.07, 6.45) is 5.34. The first-order chi connectivity index (χ1) is 14.7. The topological polar surface area (TPSA) is 85.1 Å². The van der Waals surface area contributed by atoms with E-state index in [1.165, 1.54) is 0 Å². The van der Waals surface area contributed by atoms with Crippen LogP contribution < -0.4 is 5.32 Å². The third-order valence-electron chi connectivity index (χ3n) is 4.99. The standard InChI is InChI=1S/C23H18N6O/c1-15(22-28-27-21-10-4-5-12-29(21)22)25-23(30)18-13-20(16-7-6-11-24-14-16)26-19-9-3-2-8-17(18)19/h2-15H,1H3,(H,25,30). The zero-order chi connectivity index (χ0) is 20.5. The van der Waals surface area contributed by atoms with Crippen LogP contribution in [0, 0.1) is 0 Å². The van der Waals surface area contributed by atoms with E-state index in [2.05, 4.69) is 20.5 Å². The Morgan fingerprint density at radius 1 is 1.03 bits per heavy atom. The summed E-state index contributed by atoms with van der Waals surface area (Å²) in [7, 11) is 0. The van der Waals surface area contributed by atoms with Gasteiger partial charge in [-0.25, -0.2) is 4.98 Å². The van der Waals surface area contributed by atoms with Gasteiger partial charge >= 0.3 is 0 Å². The molecule has 0 fully saturated rings. The highest BCUT2D eigenvalue weighted by molar-refractivity contribution is 6.07. The van der Waals surface area contributed by atoms with Gasteiger partial charge in [-0.3, -0.25) is 14.2 Å². The van der Waals surface area contributed by atoms with Crippen LogP contribution in [0.2, 0.25) is 0 Å². The number of aromatic nitrogens is 5. The maximum absolute atomic E-state index is 13.3. The summed E-state index contributed by atoms with van der Waals surface area (Å²) in [5.41, 5.74) is 3.60. The molecule has 0 aliphatic carbocycles. The van der Waals surface area contributed by atoms with Crippen molar-refractivity contribution in [2.24, 2.45) is 0 Å². The highest BCUT2D eigenvalue weighted by Crippen LogP contribution is 2.25. The fourth-order valence-electron chi connectivity index (χ4n) is 3.52. The van der Waals surface area contributed by atoms with E-state index in [1.54, 1.807) is 12.4 Å². The van der Waals surface area contributed by atoms with Crippen molar-refractivity contribution >= 4 is 22.5 Å². The van der Waals surface area contributed by atoms with E-state index in [4.69, 9.17) is 4.98 Å². The van der Waals surface area contributed by atoms with Crippen molar-refractivity contribution in [2.45, 2.75) is 13.0 Å². The van der Waals surface area contributed by atoms with Crippen molar-refractivity contribution in [3.8, 4) is 11.3 Å². The molecule has 1 aromatic carbocycles. The van der Waals surface area contributed by atoms with Crippen molar-refractivity contribution in [3.05, 3.63) is 90.6 Å². The number of hydrogen-bond acceptors (Lipinski definition) is 5. The number of rotatable bonds is 4. The normalized spacial score (nSPS) is 12.2.